The van der Waals surface area contributed by atoms with Crippen LogP contribution in [0.5, 0.6) is 0 Å². The molecule has 1 atom stereocenters. The molecule has 1 aromatic heterocycles. The summed E-state index contributed by atoms with van der Waals surface area (Å²) in [6, 6.07) is 13.5. The maximum Gasteiger partial charge on any atom is 0.246 e. The fourth-order valence-corrected chi connectivity index (χ4v) is 5.17. The van der Waals surface area contributed by atoms with E-state index in [1.54, 1.807) is 30.1 Å². The molecule has 8 nitrogen and oxygen atoms in total. The Hall–Kier alpha value is -4.11. The Labute approximate surface area is 238 Å². The zero-order valence-electron chi connectivity index (χ0n) is 23.0. The number of anilines is 2. The average molecular weight is 563 g/mol. The van der Waals surface area contributed by atoms with Crippen LogP contribution in [-0.4, -0.2) is 70.6 Å². The molecule has 0 aliphatic carbocycles. The Morgan fingerprint density at radius 2 is 1.88 bits per heavy atom. The van der Waals surface area contributed by atoms with Crippen molar-refractivity contribution < 1.29 is 14.0 Å². The summed E-state index contributed by atoms with van der Waals surface area (Å²) in [7, 11) is 1.63. The van der Waals surface area contributed by atoms with Crippen molar-refractivity contribution in [3.05, 3.63) is 83.4 Å². The predicted octanol–water partition coefficient (Wildman–Crippen LogP) is 5.45. The van der Waals surface area contributed by atoms with Gasteiger partial charge in [0, 0.05) is 38.3 Å². The molecule has 1 aliphatic rings. The summed E-state index contributed by atoms with van der Waals surface area (Å²) in [5.41, 5.74) is 2.08. The molecule has 2 aromatic carbocycles. The maximum atomic E-state index is 14.9. The number of amidine groups is 1. The van der Waals surface area contributed by atoms with Gasteiger partial charge in [0.25, 0.3) is 0 Å². The van der Waals surface area contributed by atoms with Crippen LogP contribution in [0.15, 0.2) is 66.2 Å². The van der Waals surface area contributed by atoms with Crippen LogP contribution < -0.4 is 4.90 Å². The molecule has 0 bridgehead atoms. The molecular formula is C30H32ClFN6O2. The minimum absolute atomic E-state index is 0.0267. The Kier molecular flexibility index (Phi) is 8.94. The number of benzene rings is 2. The van der Waals surface area contributed by atoms with Crippen molar-refractivity contribution >= 4 is 41.3 Å². The van der Waals surface area contributed by atoms with E-state index in [2.05, 4.69) is 16.6 Å². The minimum atomic E-state index is -0.515. The fourth-order valence-electron chi connectivity index (χ4n) is 4.94. The van der Waals surface area contributed by atoms with Crippen LogP contribution in [0.1, 0.15) is 37.9 Å². The van der Waals surface area contributed by atoms with Crippen LogP contribution in [0.2, 0.25) is 5.15 Å². The first-order valence-corrected chi connectivity index (χ1v) is 13.4. The number of para-hydroxylation sites is 1. The quantitative estimate of drug-likeness (QED) is 0.165. The third kappa shape index (κ3) is 5.60. The zero-order chi connectivity index (χ0) is 29.0. The van der Waals surface area contributed by atoms with Gasteiger partial charge in [-0.25, -0.2) is 14.4 Å². The van der Waals surface area contributed by atoms with Gasteiger partial charge in [-0.15, -0.1) is 0 Å². The Bertz CT molecular complexity index is 1460. The molecule has 0 spiro atoms. The lowest BCUT2D eigenvalue weighted by Gasteiger charge is -2.41. The number of piperazine rings is 1. The van der Waals surface area contributed by atoms with Crippen molar-refractivity contribution in [1.29, 1.82) is 0 Å². The molecule has 1 aliphatic heterocycles. The van der Waals surface area contributed by atoms with Crippen LogP contribution in [0.4, 0.5) is 15.9 Å². The van der Waals surface area contributed by atoms with Gasteiger partial charge in [-0.1, -0.05) is 62.4 Å². The van der Waals surface area contributed by atoms with Crippen molar-refractivity contribution in [3.63, 3.8) is 0 Å². The highest BCUT2D eigenvalue weighted by Crippen LogP contribution is 2.36. The molecule has 0 saturated carbocycles. The first kappa shape index (κ1) is 28.9. The topological polar surface area (TPSA) is 82.0 Å². The van der Waals surface area contributed by atoms with Gasteiger partial charge in [0.15, 0.2) is 22.5 Å². The number of halogens is 2. The molecule has 40 heavy (non-hydrogen) atoms. The number of hydrogen-bond acceptors (Lipinski definition) is 5. The Morgan fingerprint density at radius 1 is 1.18 bits per heavy atom. The van der Waals surface area contributed by atoms with Crippen LogP contribution in [0, 0.1) is 5.82 Å². The number of carbonyl (C=O) groups excluding carboxylic acids is 2. The highest BCUT2D eigenvalue weighted by Gasteiger charge is 2.33. The van der Waals surface area contributed by atoms with Gasteiger partial charge in [0.2, 0.25) is 12.3 Å². The van der Waals surface area contributed by atoms with Crippen molar-refractivity contribution in [2.24, 2.45) is 4.99 Å². The third-order valence-corrected chi connectivity index (χ3v) is 7.19. The van der Waals surface area contributed by atoms with Gasteiger partial charge < -0.3 is 9.80 Å². The Morgan fingerprint density at radius 3 is 2.50 bits per heavy atom. The zero-order valence-corrected chi connectivity index (χ0v) is 23.8. The van der Waals surface area contributed by atoms with E-state index >= 15 is 0 Å². The molecule has 3 aromatic rings. The first-order chi connectivity index (χ1) is 19.2. The van der Waals surface area contributed by atoms with Gasteiger partial charge >= 0.3 is 0 Å². The molecule has 2 heterocycles. The van der Waals surface area contributed by atoms with Crippen molar-refractivity contribution in [3.8, 4) is 11.3 Å². The normalized spacial score (nSPS) is 15.8. The lowest BCUT2D eigenvalue weighted by Crippen LogP contribution is -2.55. The van der Waals surface area contributed by atoms with E-state index < -0.39 is 5.82 Å². The predicted molar refractivity (Wildman–Crippen MR) is 157 cm³/mol. The van der Waals surface area contributed by atoms with Gasteiger partial charge in [-0.05, 0) is 42.7 Å². The van der Waals surface area contributed by atoms with E-state index in [1.807, 2.05) is 49.9 Å². The van der Waals surface area contributed by atoms with Gasteiger partial charge in [0.1, 0.15) is 11.5 Å². The summed E-state index contributed by atoms with van der Waals surface area (Å²) in [4.78, 5) is 44.2. The number of carbonyl (C=O) groups is 2. The standard InChI is InChI=1S/C30H32ClFN6O2/c1-6-25(40)36-15-16-37(20(4)17-36)29(33-5)27-30(38(18-39)24-14-10-8-11-21(24)19(2)3)35-26(28(31)34-27)22-12-7-9-13-23(22)32/h6-14,18-20H,1,15-17H2,2-5H3. The second kappa shape index (κ2) is 12.4. The number of aromatic nitrogens is 2. The molecule has 208 valence electrons. The largest absolute Gasteiger partial charge is 0.349 e. The molecule has 10 heteroatoms. The van der Waals surface area contributed by atoms with Crippen molar-refractivity contribution in [2.75, 3.05) is 31.6 Å². The summed E-state index contributed by atoms with van der Waals surface area (Å²) in [5, 5.41) is -0.0267. The van der Waals surface area contributed by atoms with Crippen LogP contribution in [0.25, 0.3) is 11.3 Å². The lowest BCUT2D eigenvalue weighted by atomic mass is 10.0. The number of nitrogens with zero attached hydrogens (tertiary/aromatic N) is 6. The van der Waals surface area contributed by atoms with E-state index in [9.17, 15) is 14.0 Å². The number of rotatable bonds is 7. The second-order valence-corrected chi connectivity index (χ2v) is 10.1. The van der Waals surface area contributed by atoms with Crippen molar-refractivity contribution in [2.45, 2.75) is 32.7 Å². The van der Waals surface area contributed by atoms with E-state index in [0.717, 1.165) is 5.56 Å². The summed E-state index contributed by atoms with van der Waals surface area (Å²) in [5.74, 6) is 0.0678. The highest BCUT2D eigenvalue weighted by molar-refractivity contribution is 6.32. The van der Waals surface area contributed by atoms with E-state index in [4.69, 9.17) is 16.6 Å². The molecular weight excluding hydrogens is 531 g/mol. The van der Waals surface area contributed by atoms with E-state index in [0.29, 0.717) is 37.6 Å². The van der Waals surface area contributed by atoms with Crippen LogP contribution in [0.3, 0.4) is 0 Å². The van der Waals surface area contributed by atoms with E-state index in [-0.39, 0.29) is 45.8 Å². The molecule has 1 saturated heterocycles. The minimum Gasteiger partial charge on any atom is -0.349 e. The van der Waals surface area contributed by atoms with Crippen LogP contribution >= 0.6 is 11.6 Å². The smallest absolute Gasteiger partial charge is 0.246 e. The SMILES string of the molecule is C=CC(=O)N1CCN(C(=NC)c2nc(Cl)c(-c3ccccc3F)nc2N(C=O)c2ccccc2C(C)C)C(C)C1. The van der Waals surface area contributed by atoms with Gasteiger partial charge in [-0.2, -0.15) is 0 Å². The summed E-state index contributed by atoms with van der Waals surface area (Å²) in [6.45, 7) is 11.0. The van der Waals surface area contributed by atoms with Crippen LogP contribution in [-0.2, 0) is 9.59 Å². The molecule has 1 fully saturated rings. The lowest BCUT2D eigenvalue weighted by molar-refractivity contribution is -0.128. The summed E-state index contributed by atoms with van der Waals surface area (Å²) < 4.78 is 14.9. The molecule has 1 unspecified atom stereocenters. The first-order valence-electron chi connectivity index (χ1n) is 13.0. The monoisotopic (exact) mass is 562 g/mol. The highest BCUT2D eigenvalue weighted by atomic mass is 35.5. The average Bonchev–Trinajstić information content (AvgIpc) is 2.95. The summed E-state index contributed by atoms with van der Waals surface area (Å²) >= 11 is 6.66. The maximum absolute atomic E-state index is 14.9. The number of hydrogen-bond donors (Lipinski definition) is 0. The van der Waals surface area contributed by atoms with Crippen molar-refractivity contribution in [1.82, 2.24) is 19.8 Å². The number of aliphatic imine (C=N–C) groups is 1. The van der Waals surface area contributed by atoms with Gasteiger partial charge in [-0.3, -0.25) is 19.5 Å². The molecule has 0 radical (unpaired) electrons. The van der Waals surface area contributed by atoms with Gasteiger partial charge in [0.05, 0.1) is 5.69 Å². The number of amides is 2. The molecule has 0 N–H and O–H groups in total. The second-order valence-electron chi connectivity index (χ2n) is 9.78. The molecule has 2 amide bonds. The molecule has 4 rings (SSSR count). The third-order valence-electron chi connectivity index (χ3n) is 6.93. The summed E-state index contributed by atoms with van der Waals surface area (Å²) in [6.07, 6.45) is 1.97. The van der Waals surface area contributed by atoms with E-state index in [1.165, 1.54) is 17.0 Å². The Balaban J connectivity index is 1.92. The fraction of sp³-hybridized carbons (Fsp3) is 0.300.